The van der Waals surface area contributed by atoms with Crippen molar-refractivity contribution in [1.29, 1.82) is 0 Å². The fourth-order valence-corrected chi connectivity index (χ4v) is 3.45. The summed E-state index contributed by atoms with van der Waals surface area (Å²) in [4.78, 5) is 23.9. The summed E-state index contributed by atoms with van der Waals surface area (Å²) in [5, 5.41) is 1.63. The molecule has 0 saturated carbocycles. The number of rotatable bonds is 9. The lowest BCUT2D eigenvalue weighted by molar-refractivity contribution is -0.287. The Hall–Kier alpha value is -4.14. The number of hydrogen-bond acceptors (Lipinski definition) is 7. The van der Waals surface area contributed by atoms with Crippen LogP contribution in [0.15, 0.2) is 61.2 Å². The summed E-state index contributed by atoms with van der Waals surface area (Å²) < 4.78 is 52.4. The molecule has 0 aromatic heterocycles. The maximum atomic E-state index is 13.8. The van der Waals surface area contributed by atoms with Crippen molar-refractivity contribution < 1.29 is 42.1 Å². The number of hydrogen-bond donors (Lipinski definition) is 0. The molecule has 1 aliphatic heterocycles. The molecule has 4 rings (SSSR count). The van der Waals surface area contributed by atoms with E-state index in [1.807, 2.05) is 25.1 Å². The Kier molecular flexibility index (Phi) is 6.86. The van der Waals surface area contributed by atoms with Crippen LogP contribution in [0.25, 0.3) is 10.8 Å². The second kappa shape index (κ2) is 10.0. The van der Waals surface area contributed by atoms with Crippen molar-refractivity contribution in [2.75, 3.05) is 13.2 Å². The van der Waals surface area contributed by atoms with Crippen LogP contribution in [0, 0.1) is 0 Å². The molecule has 0 N–H and O–H groups in total. The zero-order valence-electron chi connectivity index (χ0n) is 18.8. The van der Waals surface area contributed by atoms with Crippen LogP contribution < -0.4 is 18.9 Å². The van der Waals surface area contributed by atoms with Crippen LogP contribution in [-0.4, -0.2) is 31.4 Å². The highest BCUT2D eigenvalue weighted by Gasteiger charge is 2.47. The molecule has 0 fully saturated rings. The lowest BCUT2D eigenvalue weighted by Crippen LogP contribution is -2.26. The number of ether oxygens (including phenoxy) is 5. The quantitative estimate of drug-likeness (QED) is 0.227. The molecule has 0 spiro atoms. The summed E-state index contributed by atoms with van der Waals surface area (Å²) in [6, 6.07) is 13.2. The Bertz CT molecular complexity index is 1290. The molecule has 0 aliphatic carbocycles. The summed E-state index contributed by atoms with van der Waals surface area (Å²) in [5.74, 6) is -2.10. The van der Waals surface area contributed by atoms with Gasteiger partial charge in [0.25, 0.3) is 0 Å². The molecular formula is C26H22F2O7. The van der Waals surface area contributed by atoms with E-state index in [1.54, 1.807) is 18.2 Å². The molecule has 3 aromatic rings. The van der Waals surface area contributed by atoms with E-state index in [-0.39, 0.29) is 29.4 Å². The van der Waals surface area contributed by atoms with Crippen LogP contribution in [-0.2, 0) is 16.0 Å². The number of halogens is 2. The third kappa shape index (κ3) is 5.51. The summed E-state index contributed by atoms with van der Waals surface area (Å²) in [5.41, 5.74) is 1.17. The topological polar surface area (TPSA) is 80.3 Å². The number of carbonyl (C=O) groups excluding carboxylic acids is 2. The van der Waals surface area contributed by atoms with Crippen LogP contribution in [0.3, 0.4) is 0 Å². The fourth-order valence-electron chi connectivity index (χ4n) is 3.45. The second-order valence-electron chi connectivity index (χ2n) is 7.64. The third-order valence-electron chi connectivity index (χ3n) is 5.09. The van der Waals surface area contributed by atoms with Gasteiger partial charge >= 0.3 is 18.2 Å². The highest BCUT2D eigenvalue weighted by Crippen LogP contribution is 2.52. The number of alkyl halides is 2. The first-order valence-corrected chi connectivity index (χ1v) is 10.9. The fraction of sp³-hybridized carbons (Fsp3) is 0.231. The SMILES string of the molecule is C=CC(=O)OCCc1ccc2cc(C(=O)Oc3ccc(OCCC)c4c3OC(F)(F)O4)ccc2c1. The highest BCUT2D eigenvalue weighted by molar-refractivity contribution is 5.97. The average molecular weight is 484 g/mol. The summed E-state index contributed by atoms with van der Waals surface area (Å²) in [6.45, 7) is 5.73. The summed E-state index contributed by atoms with van der Waals surface area (Å²) in [6.07, 6.45) is -1.61. The van der Waals surface area contributed by atoms with Gasteiger partial charge in [-0.1, -0.05) is 37.8 Å². The van der Waals surface area contributed by atoms with Crippen molar-refractivity contribution >= 4 is 22.7 Å². The Morgan fingerprint density at radius 3 is 2.40 bits per heavy atom. The largest absolute Gasteiger partial charge is 0.586 e. The molecule has 0 unspecified atom stereocenters. The molecule has 0 saturated heterocycles. The molecule has 1 heterocycles. The van der Waals surface area contributed by atoms with E-state index in [0.717, 1.165) is 22.4 Å². The van der Waals surface area contributed by atoms with Crippen LogP contribution in [0.2, 0.25) is 0 Å². The zero-order valence-corrected chi connectivity index (χ0v) is 18.8. The zero-order chi connectivity index (χ0) is 25.0. The van der Waals surface area contributed by atoms with Gasteiger partial charge in [-0.3, -0.25) is 0 Å². The Balaban J connectivity index is 1.51. The number of esters is 2. The first kappa shape index (κ1) is 24.0. The monoisotopic (exact) mass is 484 g/mol. The second-order valence-corrected chi connectivity index (χ2v) is 7.64. The molecule has 1 aliphatic rings. The van der Waals surface area contributed by atoms with E-state index in [2.05, 4.69) is 16.1 Å². The minimum Gasteiger partial charge on any atom is -0.490 e. The van der Waals surface area contributed by atoms with Gasteiger partial charge in [0.05, 0.1) is 18.8 Å². The van der Waals surface area contributed by atoms with Gasteiger partial charge in [-0.05, 0) is 47.0 Å². The standard InChI is InChI=1S/C26H22F2O7/c1-3-12-31-20-9-10-21(24-23(20)34-26(27,28)35-24)33-25(30)19-8-7-17-14-16(5-6-18(17)15-19)11-13-32-22(29)4-2/h4-10,14-15H,2-3,11-13H2,1H3. The number of carbonyl (C=O) groups is 2. The summed E-state index contributed by atoms with van der Waals surface area (Å²) in [7, 11) is 0. The number of benzene rings is 3. The Morgan fingerprint density at radius 1 is 0.971 bits per heavy atom. The number of fused-ring (bicyclic) bond motifs is 2. The van der Waals surface area contributed by atoms with Gasteiger partial charge in [-0.25, -0.2) is 9.59 Å². The average Bonchev–Trinajstić information content (AvgIpc) is 3.18. The molecule has 9 heteroatoms. The van der Waals surface area contributed by atoms with Crippen LogP contribution in [0.4, 0.5) is 8.78 Å². The van der Waals surface area contributed by atoms with Gasteiger partial charge in [0.2, 0.25) is 11.5 Å². The molecule has 0 radical (unpaired) electrons. The van der Waals surface area contributed by atoms with E-state index in [0.29, 0.717) is 19.4 Å². The van der Waals surface area contributed by atoms with Crippen LogP contribution in [0.5, 0.6) is 23.0 Å². The predicted octanol–water partition coefficient (Wildman–Crippen LogP) is 5.44. The maximum Gasteiger partial charge on any atom is 0.586 e. The van der Waals surface area contributed by atoms with E-state index in [1.165, 1.54) is 12.1 Å². The van der Waals surface area contributed by atoms with E-state index >= 15 is 0 Å². The van der Waals surface area contributed by atoms with Crippen molar-refractivity contribution in [1.82, 2.24) is 0 Å². The van der Waals surface area contributed by atoms with E-state index < -0.39 is 24.0 Å². The normalized spacial score (nSPS) is 13.3. The smallest absolute Gasteiger partial charge is 0.490 e. The van der Waals surface area contributed by atoms with Gasteiger partial charge in [-0.2, -0.15) is 0 Å². The first-order chi connectivity index (χ1) is 16.8. The van der Waals surface area contributed by atoms with Gasteiger partial charge in [-0.15, -0.1) is 8.78 Å². The van der Waals surface area contributed by atoms with Crippen molar-refractivity contribution in [2.24, 2.45) is 0 Å². The molecular weight excluding hydrogens is 462 g/mol. The lowest BCUT2D eigenvalue weighted by atomic mass is 10.0. The maximum absolute atomic E-state index is 13.8. The van der Waals surface area contributed by atoms with Crippen LogP contribution in [0.1, 0.15) is 29.3 Å². The van der Waals surface area contributed by atoms with Crippen molar-refractivity contribution in [3.63, 3.8) is 0 Å². The molecule has 35 heavy (non-hydrogen) atoms. The van der Waals surface area contributed by atoms with Crippen molar-refractivity contribution in [3.8, 4) is 23.0 Å². The predicted molar refractivity (Wildman–Crippen MR) is 122 cm³/mol. The Labute approximate surface area is 199 Å². The van der Waals surface area contributed by atoms with E-state index in [4.69, 9.17) is 14.2 Å². The van der Waals surface area contributed by atoms with Gasteiger partial charge in [0.1, 0.15) is 0 Å². The first-order valence-electron chi connectivity index (χ1n) is 10.9. The Morgan fingerprint density at radius 2 is 1.66 bits per heavy atom. The highest BCUT2D eigenvalue weighted by atomic mass is 19.3. The van der Waals surface area contributed by atoms with Crippen molar-refractivity contribution in [2.45, 2.75) is 26.1 Å². The molecule has 3 aromatic carbocycles. The van der Waals surface area contributed by atoms with Crippen LogP contribution >= 0.6 is 0 Å². The summed E-state index contributed by atoms with van der Waals surface area (Å²) >= 11 is 0. The molecule has 7 nitrogen and oxygen atoms in total. The third-order valence-corrected chi connectivity index (χ3v) is 5.09. The molecule has 0 amide bonds. The molecule has 0 atom stereocenters. The minimum atomic E-state index is -3.90. The van der Waals surface area contributed by atoms with Gasteiger partial charge < -0.3 is 23.7 Å². The molecule has 0 bridgehead atoms. The van der Waals surface area contributed by atoms with E-state index in [9.17, 15) is 18.4 Å². The minimum absolute atomic E-state index is 0.0691. The van der Waals surface area contributed by atoms with Crippen molar-refractivity contribution in [3.05, 3.63) is 72.3 Å². The van der Waals surface area contributed by atoms with Gasteiger partial charge in [0.15, 0.2) is 11.5 Å². The molecule has 182 valence electrons. The lowest BCUT2D eigenvalue weighted by Gasteiger charge is -2.11. The van der Waals surface area contributed by atoms with Gasteiger partial charge in [0, 0.05) is 12.5 Å².